The largest absolute Gasteiger partial charge is 0.496 e. The number of carbonyl (C=O) groups is 1. The Bertz CT molecular complexity index is 470. The predicted octanol–water partition coefficient (Wildman–Crippen LogP) is 1.98. The smallest absolute Gasteiger partial charge is 0.259 e. The number of nitrogens with zero attached hydrogens (tertiary/aromatic N) is 1. The number of hydrogen-bond donors (Lipinski definition) is 1. The minimum atomic E-state index is -0.554. The van der Waals surface area contributed by atoms with Crippen LogP contribution in [0.3, 0.4) is 0 Å². The van der Waals surface area contributed by atoms with Gasteiger partial charge in [0.1, 0.15) is 23.1 Å². The number of benzene rings is 1. The Balaban J connectivity index is 3.08. The second-order valence-corrected chi connectivity index (χ2v) is 4.36. The molecule has 5 nitrogen and oxygen atoms in total. The summed E-state index contributed by atoms with van der Waals surface area (Å²) in [4.78, 5) is 12.3. The maximum atomic E-state index is 12.3. The van der Waals surface area contributed by atoms with Gasteiger partial charge in [0.05, 0.1) is 20.3 Å². The van der Waals surface area contributed by atoms with E-state index in [-0.39, 0.29) is 11.8 Å². The van der Waals surface area contributed by atoms with E-state index in [1.54, 1.807) is 18.2 Å². The summed E-state index contributed by atoms with van der Waals surface area (Å²) in [5.74, 6) is 0.471. The number of nitrogens with one attached hydrogen (secondary N) is 1. The van der Waals surface area contributed by atoms with Gasteiger partial charge < -0.3 is 14.8 Å². The molecule has 1 unspecified atom stereocenters. The number of rotatable bonds is 5. The minimum absolute atomic E-state index is 0.0228. The maximum absolute atomic E-state index is 12.3. The van der Waals surface area contributed by atoms with E-state index in [1.807, 2.05) is 13.8 Å². The molecule has 0 spiro atoms. The van der Waals surface area contributed by atoms with Crippen LogP contribution in [0.2, 0.25) is 0 Å². The quantitative estimate of drug-likeness (QED) is 0.880. The minimum Gasteiger partial charge on any atom is -0.496 e. The molecule has 0 aliphatic carbocycles. The summed E-state index contributed by atoms with van der Waals surface area (Å²) in [7, 11) is 2.96. The van der Waals surface area contributed by atoms with Gasteiger partial charge in [-0.15, -0.1) is 0 Å². The first kappa shape index (κ1) is 14.8. The lowest BCUT2D eigenvalue weighted by molar-refractivity contribution is 0.0931. The van der Waals surface area contributed by atoms with Crippen molar-refractivity contribution in [2.75, 3.05) is 14.2 Å². The maximum Gasteiger partial charge on any atom is 0.259 e. The molecular weight excluding hydrogens is 244 g/mol. The third-order valence-corrected chi connectivity index (χ3v) is 2.75. The van der Waals surface area contributed by atoms with Crippen LogP contribution in [0.15, 0.2) is 18.2 Å². The number of ether oxygens (including phenoxy) is 2. The van der Waals surface area contributed by atoms with E-state index in [4.69, 9.17) is 14.7 Å². The van der Waals surface area contributed by atoms with Crippen LogP contribution in [0, 0.1) is 17.2 Å². The van der Waals surface area contributed by atoms with Gasteiger partial charge in [-0.1, -0.05) is 19.9 Å². The zero-order valence-corrected chi connectivity index (χ0v) is 11.6. The highest BCUT2D eigenvalue weighted by Crippen LogP contribution is 2.28. The summed E-state index contributed by atoms with van der Waals surface area (Å²) >= 11 is 0. The average Bonchev–Trinajstić information content (AvgIpc) is 2.42. The van der Waals surface area contributed by atoms with Crippen molar-refractivity contribution < 1.29 is 14.3 Å². The fourth-order valence-electron chi connectivity index (χ4n) is 1.64. The molecule has 0 heterocycles. The fourth-order valence-corrected chi connectivity index (χ4v) is 1.64. The Kier molecular flexibility index (Phi) is 5.19. The van der Waals surface area contributed by atoms with Gasteiger partial charge >= 0.3 is 0 Å². The molecule has 1 aromatic carbocycles. The lowest BCUT2D eigenvalue weighted by Gasteiger charge is -2.17. The van der Waals surface area contributed by atoms with E-state index in [0.717, 1.165) is 0 Å². The summed E-state index contributed by atoms with van der Waals surface area (Å²) in [6.07, 6.45) is 0. The molecule has 5 heteroatoms. The molecule has 19 heavy (non-hydrogen) atoms. The van der Waals surface area contributed by atoms with Gasteiger partial charge in [0.15, 0.2) is 0 Å². The van der Waals surface area contributed by atoms with Crippen LogP contribution in [-0.4, -0.2) is 26.2 Å². The van der Waals surface area contributed by atoms with Gasteiger partial charge in [0.25, 0.3) is 5.91 Å². The van der Waals surface area contributed by atoms with Gasteiger partial charge in [-0.2, -0.15) is 5.26 Å². The summed E-state index contributed by atoms with van der Waals surface area (Å²) in [5, 5.41) is 11.7. The van der Waals surface area contributed by atoms with Gasteiger partial charge in [-0.05, 0) is 18.1 Å². The zero-order chi connectivity index (χ0) is 14.4. The molecule has 0 radical (unpaired) electrons. The molecule has 0 bridgehead atoms. The number of amides is 1. The highest BCUT2D eigenvalue weighted by molar-refractivity contribution is 6.00. The number of methoxy groups -OCH3 is 2. The van der Waals surface area contributed by atoms with E-state index in [1.165, 1.54) is 14.2 Å². The van der Waals surface area contributed by atoms with Gasteiger partial charge in [0, 0.05) is 0 Å². The van der Waals surface area contributed by atoms with E-state index in [9.17, 15) is 4.79 Å². The number of carbonyl (C=O) groups excluding carboxylic acids is 1. The predicted molar refractivity (Wildman–Crippen MR) is 71.3 cm³/mol. The first-order valence-corrected chi connectivity index (χ1v) is 5.96. The van der Waals surface area contributed by atoms with Crippen molar-refractivity contribution in [3.8, 4) is 17.6 Å². The van der Waals surface area contributed by atoms with Crippen molar-refractivity contribution in [3.05, 3.63) is 23.8 Å². The standard InChI is InChI=1S/C14H18N2O3/c1-9(2)10(8-15)16-14(17)13-11(18-3)6-5-7-12(13)19-4/h5-7,9-10H,1-4H3,(H,16,17). The van der Waals surface area contributed by atoms with Crippen LogP contribution in [0.1, 0.15) is 24.2 Å². The molecule has 0 fully saturated rings. The Morgan fingerprint density at radius 2 is 1.79 bits per heavy atom. The first-order valence-electron chi connectivity index (χ1n) is 5.96. The molecule has 0 aliphatic heterocycles. The Hall–Kier alpha value is -2.22. The summed E-state index contributed by atoms with van der Waals surface area (Å²) < 4.78 is 10.3. The molecule has 102 valence electrons. The van der Waals surface area contributed by atoms with Crippen molar-refractivity contribution in [1.82, 2.24) is 5.32 Å². The normalized spacial score (nSPS) is 11.6. The van der Waals surface area contributed by atoms with Crippen molar-refractivity contribution in [2.45, 2.75) is 19.9 Å². The molecule has 1 aromatic rings. The lowest BCUT2D eigenvalue weighted by Crippen LogP contribution is -2.37. The van der Waals surface area contributed by atoms with Gasteiger partial charge in [-0.25, -0.2) is 0 Å². The molecule has 1 atom stereocenters. The lowest BCUT2D eigenvalue weighted by atomic mass is 10.0. The fraction of sp³-hybridized carbons (Fsp3) is 0.429. The van der Waals surface area contributed by atoms with Crippen molar-refractivity contribution >= 4 is 5.91 Å². The molecule has 1 amide bonds. The van der Waals surface area contributed by atoms with Crippen molar-refractivity contribution in [3.63, 3.8) is 0 Å². The average molecular weight is 262 g/mol. The van der Waals surface area contributed by atoms with Crippen LogP contribution >= 0.6 is 0 Å². The molecule has 0 aromatic heterocycles. The Labute approximate surface area is 113 Å². The molecule has 1 rings (SSSR count). The van der Waals surface area contributed by atoms with E-state index >= 15 is 0 Å². The van der Waals surface area contributed by atoms with Crippen LogP contribution in [0.4, 0.5) is 0 Å². The van der Waals surface area contributed by atoms with Crippen molar-refractivity contribution in [1.29, 1.82) is 5.26 Å². The van der Waals surface area contributed by atoms with E-state index in [2.05, 4.69) is 11.4 Å². The van der Waals surface area contributed by atoms with Gasteiger partial charge in [-0.3, -0.25) is 4.79 Å². The van der Waals surface area contributed by atoms with Gasteiger partial charge in [0.2, 0.25) is 0 Å². The Morgan fingerprint density at radius 1 is 1.26 bits per heavy atom. The molecule has 1 N–H and O–H groups in total. The third-order valence-electron chi connectivity index (χ3n) is 2.75. The SMILES string of the molecule is COc1cccc(OC)c1C(=O)NC(C#N)C(C)C. The second-order valence-electron chi connectivity index (χ2n) is 4.36. The van der Waals surface area contributed by atoms with Crippen LogP contribution in [0.5, 0.6) is 11.5 Å². The molecule has 0 aliphatic rings. The van der Waals surface area contributed by atoms with Crippen molar-refractivity contribution in [2.24, 2.45) is 5.92 Å². The van der Waals surface area contributed by atoms with E-state index < -0.39 is 6.04 Å². The zero-order valence-electron chi connectivity index (χ0n) is 11.6. The second kappa shape index (κ2) is 6.64. The molecule has 0 saturated carbocycles. The number of hydrogen-bond acceptors (Lipinski definition) is 4. The third kappa shape index (κ3) is 3.38. The van der Waals surface area contributed by atoms with Crippen LogP contribution in [0.25, 0.3) is 0 Å². The molecule has 0 saturated heterocycles. The summed E-state index contributed by atoms with van der Waals surface area (Å²) in [5.41, 5.74) is 0.299. The summed E-state index contributed by atoms with van der Waals surface area (Å²) in [6, 6.07) is 6.59. The van der Waals surface area contributed by atoms with Crippen LogP contribution in [-0.2, 0) is 0 Å². The first-order chi connectivity index (χ1) is 9.04. The van der Waals surface area contributed by atoms with Crippen LogP contribution < -0.4 is 14.8 Å². The Morgan fingerprint density at radius 3 is 2.16 bits per heavy atom. The topological polar surface area (TPSA) is 71.3 Å². The monoisotopic (exact) mass is 262 g/mol. The highest BCUT2D eigenvalue weighted by Gasteiger charge is 2.22. The summed E-state index contributed by atoms with van der Waals surface area (Å²) in [6.45, 7) is 3.74. The highest BCUT2D eigenvalue weighted by atomic mass is 16.5. The molecular formula is C14H18N2O3. The van der Waals surface area contributed by atoms with E-state index in [0.29, 0.717) is 17.1 Å². The number of nitriles is 1.